The lowest BCUT2D eigenvalue weighted by atomic mass is 10.3. The quantitative estimate of drug-likeness (QED) is 0.474. The van der Waals surface area contributed by atoms with Gasteiger partial charge in [0, 0.05) is 24.5 Å². The van der Waals surface area contributed by atoms with Crippen LogP contribution in [0.5, 0.6) is 5.75 Å². The van der Waals surface area contributed by atoms with Gasteiger partial charge in [-0.1, -0.05) is 20.8 Å². The molecule has 0 unspecified atom stereocenters. The zero-order valence-electron chi connectivity index (χ0n) is 14.8. The molecule has 0 fully saturated rings. The van der Waals surface area contributed by atoms with Crippen molar-refractivity contribution in [3.8, 4) is 5.75 Å². The number of hydrogen-bond donors (Lipinski definition) is 0. The van der Waals surface area contributed by atoms with E-state index in [4.69, 9.17) is 4.74 Å². The predicted molar refractivity (Wildman–Crippen MR) is 99.0 cm³/mol. The fourth-order valence-electron chi connectivity index (χ4n) is 2.36. The number of sulfonamides is 1. The van der Waals surface area contributed by atoms with E-state index in [1.54, 1.807) is 13.8 Å². The molecule has 8 nitrogen and oxygen atoms in total. The van der Waals surface area contributed by atoms with Crippen LogP contribution in [0.15, 0.2) is 28.5 Å². The van der Waals surface area contributed by atoms with Crippen LogP contribution in [0.4, 0.5) is 5.69 Å². The number of nitro groups is 1. The second-order valence-corrected chi connectivity index (χ2v) is 8.23. The second kappa shape index (κ2) is 8.56. The molecule has 0 aliphatic rings. The Bertz CT molecular complexity index is 876. The van der Waals surface area contributed by atoms with Crippen LogP contribution in [0, 0.1) is 10.1 Å². The summed E-state index contributed by atoms with van der Waals surface area (Å²) < 4.78 is 31.9. The van der Waals surface area contributed by atoms with Gasteiger partial charge in [0.15, 0.2) is 5.75 Å². The summed E-state index contributed by atoms with van der Waals surface area (Å²) in [6, 6.07) is 3.69. The van der Waals surface area contributed by atoms with Gasteiger partial charge in [0.25, 0.3) is 0 Å². The number of benzene rings is 1. The predicted octanol–water partition coefficient (Wildman–Crippen LogP) is 3.22. The normalized spacial score (nSPS) is 11.7. The molecule has 0 spiro atoms. The van der Waals surface area contributed by atoms with Crippen molar-refractivity contribution >= 4 is 27.0 Å². The molecule has 0 atom stereocenters. The maximum Gasteiger partial charge on any atom is 0.312 e. The lowest BCUT2D eigenvalue weighted by Crippen LogP contribution is -2.30. The van der Waals surface area contributed by atoms with Crippen LogP contribution >= 0.6 is 11.3 Å². The van der Waals surface area contributed by atoms with Gasteiger partial charge < -0.3 is 4.74 Å². The average molecular weight is 399 g/mol. The van der Waals surface area contributed by atoms with Crippen molar-refractivity contribution in [1.82, 2.24) is 9.29 Å². The summed E-state index contributed by atoms with van der Waals surface area (Å²) in [5, 5.41) is 14.2. The summed E-state index contributed by atoms with van der Waals surface area (Å²) in [4.78, 5) is 15.0. The van der Waals surface area contributed by atoms with Gasteiger partial charge in [0.05, 0.1) is 20.5 Å². The number of aryl methyl sites for hydroxylation is 1. The van der Waals surface area contributed by atoms with Crippen LogP contribution in [0.25, 0.3) is 0 Å². The van der Waals surface area contributed by atoms with E-state index in [-0.39, 0.29) is 36.0 Å². The minimum Gasteiger partial charge on any atom is -0.480 e. The van der Waals surface area contributed by atoms with E-state index in [0.29, 0.717) is 5.69 Å². The molecule has 0 aliphatic heterocycles. The molecular weight excluding hydrogens is 378 g/mol. The molecule has 0 saturated carbocycles. The third kappa shape index (κ3) is 4.37. The fourth-order valence-corrected chi connectivity index (χ4v) is 4.57. The smallest absolute Gasteiger partial charge is 0.312 e. The van der Waals surface area contributed by atoms with Crippen molar-refractivity contribution in [1.29, 1.82) is 0 Å². The molecule has 0 N–H and O–H groups in total. The molecule has 0 aliphatic carbocycles. The first-order valence-electron chi connectivity index (χ1n) is 8.18. The van der Waals surface area contributed by atoms with E-state index < -0.39 is 14.9 Å². The molecular formula is C16H21N3O5S2. The first kappa shape index (κ1) is 20.3. The minimum atomic E-state index is -3.78. The third-order valence-corrected chi connectivity index (χ3v) is 6.84. The van der Waals surface area contributed by atoms with E-state index in [0.717, 1.165) is 17.5 Å². The van der Waals surface area contributed by atoms with Crippen molar-refractivity contribution in [3.05, 3.63) is 44.4 Å². The lowest BCUT2D eigenvalue weighted by Gasteiger charge is -2.18. The maximum atomic E-state index is 12.5. The summed E-state index contributed by atoms with van der Waals surface area (Å²) in [7, 11) is -3.78. The fraction of sp³-hybridized carbons (Fsp3) is 0.438. The molecule has 1 aromatic carbocycles. The summed E-state index contributed by atoms with van der Waals surface area (Å²) in [6.45, 7) is 6.07. The number of rotatable bonds is 9. The van der Waals surface area contributed by atoms with Crippen molar-refractivity contribution in [2.24, 2.45) is 0 Å². The molecule has 0 bridgehead atoms. The molecule has 26 heavy (non-hydrogen) atoms. The van der Waals surface area contributed by atoms with E-state index in [1.807, 2.05) is 12.3 Å². The number of hydrogen-bond acceptors (Lipinski definition) is 7. The van der Waals surface area contributed by atoms with Gasteiger partial charge in [-0.25, -0.2) is 13.4 Å². The molecule has 0 amide bonds. The highest BCUT2D eigenvalue weighted by atomic mass is 32.2. The molecule has 1 aromatic heterocycles. The van der Waals surface area contributed by atoms with E-state index >= 15 is 0 Å². The van der Waals surface area contributed by atoms with E-state index in [1.165, 1.54) is 27.8 Å². The number of nitrogens with zero attached hydrogens (tertiary/aromatic N) is 3. The molecule has 2 rings (SSSR count). The molecule has 142 valence electrons. The largest absolute Gasteiger partial charge is 0.480 e. The Morgan fingerprint density at radius 1 is 1.27 bits per heavy atom. The number of ether oxygens (including phenoxy) is 1. The summed E-state index contributed by atoms with van der Waals surface area (Å²) >= 11 is 1.50. The molecule has 0 radical (unpaired) electrons. The minimum absolute atomic E-state index is 0.0135. The number of nitro benzene ring substituents is 1. The Morgan fingerprint density at radius 3 is 2.50 bits per heavy atom. The van der Waals surface area contributed by atoms with Crippen LogP contribution in [0.2, 0.25) is 0 Å². The second-order valence-electron chi connectivity index (χ2n) is 5.35. The summed E-state index contributed by atoms with van der Waals surface area (Å²) in [5.74, 6) is 0.0135. The Labute approximate surface area is 156 Å². The summed E-state index contributed by atoms with van der Waals surface area (Å²) in [6.07, 6.45) is 0.808. The average Bonchev–Trinajstić information content (AvgIpc) is 3.08. The Balaban J connectivity index is 2.30. The number of thiazole rings is 1. The zero-order chi connectivity index (χ0) is 19.3. The van der Waals surface area contributed by atoms with Gasteiger partial charge in [-0.05, 0) is 18.6 Å². The first-order chi connectivity index (χ1) is 12.3. The topological polar surface area (TPSA) is 103 Å². The van der Waals surface area contributed by atoms with Gasteiger partial charge in [0.2, 0.25) is 10.0 Å². The Kier molecular flexibility index (Phi) is 6.68. The Hall–Kier alpha value is -2.04. The Morgan fingerprint density at radius 2 is 1.96 bits per heavy atom. The molecule has 1 heterocycles. The first-order valence-corrected chi connectivity index (χ1v) is 10.5. The lowest BCUT2D eigenvalue weighted by molar-refractivity contribution is -0.386. The van der Waals surface area contributed by atoms with Crippen LogP contribution in [-0.4, -0.2) is 35.7 Å². The highest BCUT2D eigenvalue weighted by molar-refractivity contribution is 7.89. The van der Waals surface area contributed by atoms with Crippen LogP contribution < -0.4 is 4.74 Å². The molecule has 0 saturated heterocycles. The van der Waals surface area contributed by atoms with Crippen molar-refractivity contribution in [3.63, 3.8) is 0 Å². The SMILES string of the molecule is CCc1nc(COc2ccc(S(=O)(=O)N(CC)CC)cc2[N+](=O)[O-])cs1. The van der Waals surface area contributed by atoms with Crippen molar-refractivity contribution < 1.29 is 18.1 Å². The van der Waals surface area contributed by atoms with Crippen molar-refractivity contribution in [2.45, 2.75) is 38.7 Å². The standard InChI is InChI=1S/C16H21N3O5S2/c1-4-16-17-12(11-25-16)10-24-15-8-7-13(9-14(15)19(20)21)26(22,23)18(5-2)6-3/h7-9,11H,4-6,10H2,1-3H3. The maximum absolute atomic E-state index is 12.5. The van der Waals surface area contributed by atoms with Crippen LogP contribution in [0.3, 0.4) is 0 Å². The van der Waals surface area contributed by atoms with E-state index in [9.17, 15) is 18.5 Å². The van der Waals surface area contributed by atoms with Gasteiger partial charge in [0.1, 0.15) is 6.61 Å². The van der Waals surface area contributed by atoms with Gasteiger partial charge in [-0.2, -0.15) is 4.31 Å². The van der Waals surface area contributed by atoms with Crippen LogP contribution in [-0.2, 0) is 23.1 Å². The van der Waals surface area contributed by atoms with Crippen molar-refractivity contribution in [2.75, 3.05) is 13.1 Å². The van der Waals surface area contributed by atoms with Crippen LogP contribution in [0.1, 0.15) is 31.5 Å². The zero-order valence-corrected chi connectivity index (χ0v) is 16.5. The number of aromatic nitrogens is 1. The molecule has 2 aromatic rings. The highest BCUT2D eigenvalue weighted by Crippen LogP contribution is 2.31. The highest BCUT2D eigenvalue weighted by Gasteiger charge is 2.26. The molecule has 10 heteroatoms. The van der Waals surface area contributed by atoms with Gasteiger partial charge in [-0.15, -0.1) is 11.3 Å². The van der Waals surface area contributed by atoms with Gasteiger partial charge in [-0.3, -0.25) is 10.1 Å². The monoisotopic (exact) mass is 399 g/mol. The summed E-state index contributed by atoms with van der Waals surface area (Å²) in [5.41, 5.74) is 0.296. The third-order valence-electron chi connectivity index (χ3n) is 3.75. The van der Waals surface area contributed by atoms with E-state index in [2.05, 4.69) is 4.98 Å². The van der Waals surface area contributed by atoms with Gasteiger partial charge >= 0.3 is 5.69 Å².